The van der Waals surface area contributed by atoms with Crippen molar-refractivity contribution in [2.45, 2.75) is 37.4 Å². The van der Waals surface area contributed by atoms with Gasteiger partial charge in [-0.25, -0.2) is 4.98 Å². The third kappa shape index (κ3) is 4.27. The van der Waals surface area contributed by atoms with Gasteiger partial charge in [0, 0.05) is 11.3 Å². The molecule has 1 atom stereocenters. The highest BCUT2D eigenvalue weighted by atomic mass is 32.2. The number of amides is 1. The van der Waals surface area contributed by atoms with Crippen LogP contribution in [0.2, 0.25) is 0 Å². The number of thioether (sulfide) groups is 1. The molecule has 30 heavy (non-hydrogen) atoms. The summed E-state index contributed by atoms with van der Waals surface area (Å²) in [5, 5.41) is 13.2. The molecule has 152 valence electrons. The van der Waals surface area contributed by atoms with Gasteiger partial charge < -0.3 is 5.32 Å². The summed E-state index contributed by atoms with van der Waals surface area (Å²) in [6.07, 6.45) is 3.84. The quantitative estimate of drug-likeness (QED) is 0.564. The van der Waals surface area contributed by atoms with Gasteiger partial charge in [-0.3, -0.25) is 9.36 Å². The molecule has 3 aromatic rings. The Morgan fingerprint density at radius 3 is 2.57 bits per heavy atom. The summed E-state index contributed by atoms with van der Waals surface area (Å²) in [5.74, 6) is 0.326. The standard InChI is InChI=1S/C24H24N4OS/c1-17-8-10-18(11-9-17)21-14-26-23(28(21)20-6-4-3-5-7-20)30-15-22(29)27-24(2,16-25)19-12-13-19/h3-11,14,19H,12-13,15H2,1-2H3,(H,27,29). The van der Waals surface area contributed by atoms with Crippen molar-refractivity contribution in [3.8, 4) is 23.0 Å². The minimum atomic E-state index is -0.778. The average Bonchev–Trinajstić information content (AvgIpc) is 3.54. The minimum absolute atomic E-state index is 0.143. The maximum atomic E-state index is 12.6. The lowest BCUT2D eigenvalue weighted by atomic mass is 9.98. The van der Waals surface area contributed by atoms with Crippen LogP contribution in [0.1, 0.15) is 25.3 Å². The van der Waals surface area contributed by atoms with Crippen LogP contribution in [0.3, 0.4) is 0 Å². The van der Waals surface area contributed by atoms with Gasteiger partial charge in [0.05, 0.1) is 23.7 Å². The zero-order valence-electron chi connectivity index (χ0n) is 17.1. The molecule has 1 aliphatic carbocycles. The van der Waals surface area contributed by atoms with E-state index in [0.29, 0.717) is 0 Å². The highest BCUT2D eigenvalue weighted by Crippen LogP contribution is 2.39. The smallest absolute Gasteiger partial charge is 0.231 e. The van der Waals surface area contributed by atoms with E-state index in [1.54, 1.807) is 0 Å². The molecule has 0 saturated heterocycles. The molecular formula is C24H24N4OS. The minimum Gasteiger partial charge on any atom is -0.337 e. The number of aromatic nitrogens is 2. The number of nitriles is 1. The highest BCUT2D eigenvalue weighted by Gasteiger charge is 2.42. The Hall–Kier alpha value is -3.04. The topological polar surface area (TPSA) is 70.7 Å². The van der Waals surface area contributed by atoms with E-state index in [0.717, 1.165) is 34.9 Å². The van der Waals surface area contributed by atoms with Gasteiger partial charge in [0.25, 0.3) is 0 Å². The number of hydrogen-bond donors (Lipinski definition) is 1. The van der Waals surface area contributed by atoms with E-state index >= 15 is 0 Å². The Balaban J connectivity index is 1.58. The number of para-hydroxylation sites is 1. The van der Waals surface area contributed by atoms with Gasteiger partial charge in [0.15, 0.2) is 5.16 Å². The Bertz CT molecular complexity index is 1080. The molecule has 1 amide bonds. The van der Waals surface area contributed by atoms with Crippen LogP contribution in [0.15, 0.2) is 66.0 Å². The van der Waals surface area contributed by atoms with E-state index in [1.165, 1.54) is 17.3 Å². The molecule has 1 aliphatic rings. The molecule has 1 aromatic heterocycles. The highest BCUT2D eigenvalue weighted by molar-refractivity contribution is 7.99. The monoisotopic (exact) mass is 416 g/mol. The fraction of sp³-hybridized carbons (Fsp3) is 0.292. The fourth-order valence-corrected chi connectivity index (χ4v) is 4.32. The molecule has 1 fully saturated rings. The maximum Gasteiger partial charge on any atom is 0.231 e. The summed E-state index contributed by atoms with van der Waals surface area (Å²) in [7, 11) is 0. The number of benzene rings is 2. The number of carbonyl (C=O) groups is 1. The summed E-state index contributed by atoms with van der Waals surface area (Å²) in [6, 6.07) is 20.6. The van der Waals surface area contributed by atoms with Crippen LogP contribution < -0.4 is 5.32 Å². The van der Waals surface area contributed by atoms with Crippen molar-refractivity contribution >= 4 is 17.7 Å². The van der Waals surface area contributed by atoms with Crippen LogP contribution in [0.25, 0.3) is 16.9 Å². The van der Waals surface area contributed by atoms with E-state index in [4.69, 9.17) is 0 Å². The predicted octanol–water partition coefficient (Wildman–Crippen LogP) is 4.75. The Morgan fingerprint density at radius 1 is 1.23 bits per heavy atom. The fourth-order valence-electron chi connectivity index (χ4n) is 3.53. The maximum absolute atomic E-state index is 12.6. The van der Waals surface area contributed by atoms with E-state index < -0.39 is 5.54 Å². The molecule has 2 aromatic carbocycles. The number of carbonyl (C=O) groups excluding carboxylic acids is 1. The summed E-state index contributed by atoms with van der Waals surface area (Å²) < 4.78 is 2.08. The first kappa shape index (κ1) is 20.2. The van der Waals surface area contributed by atoms with E-state index in [9.17, 15) is 10.1 Å². The third-order valence-electron chi connectivity index (χ3n) is 5.45. The van der Waals surface area contributed by atoms with E-state index in [-0.39, 0.29) is 17.6 Å². The van der Waals surface area contributed by atoms with Crippen LogP contribution in [-0.4, -0.2) is 26.8 Å². The van der Waals surface area contributed by atoms with Crippen molar-refractivity contribution in [2.75, 3.05) is 5.75 Å². The lowest BCUT2D eigenvalue weighted by molar-refractivity contribution is -0.119. The SMILES string of the molecule is Cc1ccc(-c2cnc(SCC(=O)NC(C)(C#N)C3CC3)n2-c2ccccc2)cc1. The molecule has 0 aliphatic heterocycles. The van der Waals surface area contributed by atoms with Crippen LogP contribution in [0.4, 0.5) is 0 Å². The summed E-state index contributed by atoms with van der Waals surface area (Å²) >= 11 is 1.38. The van der Waals surface area contributed by atoms with Gasteiger partial charge in [-0.1, -0.05) is 59.8 Å². The van der Waals surface area contributed by atoms with Crippen molar-refractivity contribution in [3.05, 3.63) is 66.4 Å². The number of aryl methyl sites for hydroxylation is 1. The molecule has 0 bridgehead atoms. The zero-order valence-corrected chi connectivity index (χ0v) is 17.9. The van der Waals surface area contributed by atoms with Crippen LogP contribution >= 0.6 is 11.8 Å². The second kappa shape index (κ2) is 8.37. The first-order valence-electron chi connectivity index (χ1n) is 10.1. The number of nitrogens with one attached hydrogen (secondary N) is 1. The van der Waals surface area contributed by atoms with Crippen LogP contribution in [0.5, 0.6) is 0 Å². The number of imidazole rings is 1. The second-order valence-electron chi connectivity index (χ2n) is 7.89. The van der Waals surface area contributed by atoms with Crippen LogP contribution in [-0.2, 0) is 4.79 Å². The van der Waals surface area contributed by atoms with Gasteiger partial charge in [0.1, 0.15) is 5.54 Å². The van der Waals surface area contributed by atoms with Crippen molar-refractivity contribution in [1.29, 1.82) is 5.26 Å². The Kier molecular flexibility index (Phi) is 5.65. The average molecular weight is 417 g/mol. The van der Waals surface area contributed by atoms with Crippen molar-refractivity contribution < 1.29 is 4.79 Å². The van der Waals surface area contributed by atoms with E-state index in [2.05, 4.69) is 52.1 Å². The number of hydrogen-bond acceptors (Lipinski definition) is 4. The normalized spacial score (nSPS) is 15.2. The first-order valence-corrected chi connectivity index (χ1v) is 11.0. The molecule has 0 spiro atoms. The van der Waals surface area contributed by atoms with Gasteiger partial charge >= 0.3 is 0 Å². The Labute approximate surface area is 181 Å². The van der Waals surface area contributed by atoms with Gasteiger partial charge in [0.2, 0.25) is 5.91 Å². The molecule has 1 N–H and O–H groups in total. The molecule has 1 heterocycles. The first-order chi connectivity index (χ1) is 14.5. The van der Waals surface area contributed by atoms with Crippen molar-refractivity contribution in [3.63, 3.8) is 0 Å². The van der Waals surface area contributed by atoms with Crippen molar-refractivity contribution in [2.24, 2.45) is 5.92 Å². The Morgan fingerprint density at radius 2 is 1.93 bits per heavy atom. The summed E-state index contributed by atoms with van der Waals surface area (Å²) in [5.41, 5.74) is 3.46. The molecule has 0 radical (unpaired) electrons. The summed E-state index contributed by atoms with van der Waals surface area (Å²) in [4.78, 5) is 17.2. The number of rotatable bonds is 7. The number of nitrogens with zero attached hydrogens (tertiary/aromatic N) is 3. The lowest BCUT2D eigenvalue weighted by Gasteiger charge is -2.22. The van der Waals surface area contributed by atoms with Crippen LogP contribution in [0, 0.1) is 24.2 Å². The molecule has 4 rings (SSSR count). The molecule has 1 saturated carbocycles. The molecule has 6 heteroatoms. The largest absolute Gasteiger partial charge is 0.337 e. The van der Waals surface area contributed by atoms with E-state index in [1.807, 2.05) is 43.5 Å². The predicted molar refractivity (Wildman–Crippen MR) is 119 cm³/mol. The zero-order chi connectivity index (χ0) is 21.1. The van der Waals surface area contributed by atoms with Gasteiger partial charge in [-0.15, -0.1) is 0 Å². The second-order valence-corrected chi connectivity index (χ2v) is 8.83. The van der Waals surface area contributed by atoms with Gasteiger partial charge in [-0.2, -0.15) is 5.26 Å². The lowest BCUT2D eigenvalue weighted by Crippen LogP contribution is -2.47. The molecular weight excluding hydrogens is 392 g/mol. The van der Waals surface area contributed by atoms with Gasteiger partial charge in [-0.05, 0) is 44.7 Å². The third-order valence-corrected chi connectivity index (χ3v) is 6.40. The molecule has 5 nitrogen and oxygen atoms in total. The summed E-state index contributed by atoms with van der Waals surface area (Å²) in [6.45, 7) is 3.88. The molecule has 1 unspecified atom stereocenters. The van der Waals surface area contributed by atoms with Crippen molar-refractivity contribution in [1.82, 2.24) is 14.9 Å².